The molecule has 0 saturated heterocycles. The second-order valence-electron chi connectivity index (χ2n) is 5.58. The molecule has 0 aliphatic heterocycles. The number of alkyl halides is 19. The molecule has 0 radical (unpaired) electrons. The van der Waals surface area contributed by atoms with Gasteiger partial charge in [-0.3, -0.25) is 0 Å². The van der Waals surface area contributed by atoms with E-state index in [1.54, 1.807) is 0 Å². The maximum Gasteiger partial charge on any atom is 0.460 e. The number of rotatable bonds is 8. The average Bonchev–Trinajstić information content (AvgIpc) is 2.52. The van der Waals surface area contributed by atoms with Crippen molar-refractivity contribution in [3.8, 4) is 0 Å². The Morgan fingerprint density at radius 3 is 0.733 bits per heavy atom. The highest BCUT2D eigenvalue weighted by molar-refractivity contribution is 5.16. The molecule has 0 aromatic heterocycles. The van der Waals surface area contributed by atoms with Crippen molar-refractivity contribution in [3.05, 3.63) is 0 Å². The summed E-state index contributed by atoms with van der Waals surface area (Å²) in [6.45, 7) is -0.132. The smallest absolute Gasteiger partial charge is 0.200 e. The fourth-order valence-corrected chi connectivity index (χ4v) is 1.62. The van der Waals surface area contributed by atoms with Gasteiger partial charge in [0.15, 0.2) is 0 Å². The first-order chi connectivity index (χ1) is 12.6. The van der Waals surface area contributed by atoms with Gasteiger partial charge in [0.1, 0.15) is 0 Å². The zero-order valence-electron chi connectivity index (χ0n) is 13.4. The van der Waals surface area contributed by atoms with Gasteiger partial charge in [-0.15, -0.1) is 0 Å². The largest absolute Gasteiger partial charge is 0.460 e. The summed E-state index contributed by atoms with van der Waals surface area (Å²) in [5, 5.41) is 0. The third-order valence-electron chi connectivity index (χ3n) is 3.63. The van der Waals surface area contributed by atoms with Crippen LogP contribution in [-0.2, 0) is 0 Å². The number of hydrogen-bond donors (Lipinski definition) is 0. The maximum atomic E-state index is 13.2. The predicted molar refractivity (Wildman–Crippen MR) is 55.9 cm³/mol. The van der Waals surface area contributed by atoms with E-state index in [1.807, 2.05) is 0 Å². The van der Waals surface area contributed by atoms with E-state index in [2.05, 4.69) is 0 Å². The SMILES string of the molecule is CCC(F)(F)C(F)(F)C(F)(F)C(F)(F)C(F)(F)C(F)(F)C(F)(F)C(F)(F)C(F)(F)F. The van der Waals surface area contributed by atoms with E-state index in [4.69, 9.17) is 0 Å². The molecule has 0 aromatic rings. The Bertz CT molecular complexity index is 623. The van der Waals surface area contributed by atoms with Crippen LogP contribution in [0, 0.1) is 0 Å². The van der Waals surface area contributed by atoms with Crippen LogP contribution in [0.25, 0.3) is 0 Å². The lowest BCUT2D eigenvalue weighted by atomic mass is 9.87. The van der Waals surface area contributed by atoms with Crippen LogP contribution in [0.4, 0.5) is 83.4 Å². The van der Waals surface area contributed by atoms with Gasteiger partial charge in [0.2, 0.25) is 0 Å². The first kappa shape index (κ1) is 28.7. The summed E-state index contributed by atoms with van der Waals surface area (Å²) in [7, 11) is 0. The molecule has 182 valence electrons. The molecule has 0 unspecified atom stereocenters. The molecule has 0 fully saturated rings. The topological polar surface area (TPSA) is 0 Å². The van der Waals surface area contributed by atoms with Gasteiger partial charge >= 0.3 is 53.6 Å². The van der Waals surface area contributed by atoms with Crippen LogP contribution in [0.3, 0.4) is 0 Å². The average molecular weight is 498 g/mol. The minimum Gasteiger partial charge on any atom is -0.200 e. The van der Waals surface area contributed by atoms with Crippen LogP contribution in [0.1, 0.15) is 13.3 Å². The standard InChI is InChI=1S/C11H5F19/c1-2-3(12,13)4(14,15)5(16,17)6(18,19)7(20,21)8(22,23)9(24,25)10(26,27)11(28,29)30/h2H2,1H3. The van der Waals surface area contributed by atoms with E-state index in [9.17, 15) is 83.4 Å². The fraction of sp³-hybridized carbons (Fsp3) is 1.00. The molecule has 0 aliphatic carbocycles. The Morgan fingerprint density at radius 1 is 0.333 bits per heavy atom. The third-order valence-corrected chi connectivity index (χ3v) is 3.63. The van der Waals surface area contributed by atoms with Crippen LogP contribution in [0.5, 0.6) is 0 Å². The Morgan fingerprint density at radius 2 is 0.533 bits per heavy atom. The molecule has 0 heterocycles. The lowest BCUT2D eigenvalue weighted by Gasteiger charge is -2.43. The normalized spacial score (nSPS) is 16.8. The molecule has 19 heteroatoms. The maximum absolute atomic E-state index is 13.2. The molecule has 0 atom stereocenters. The van der Waals surface area contributed by atoms with Crippen LogP contribution in [-0.4, -0.2) is 53.6 Å². The summed E-state index contributed by atoms with van der Waals surface area (Å²) < 4.78 is 243. The molecule has 0 aliphatic rings. The molecular formula is C11H5F19. The van der Waals surface area contributed by atoms with Crippen LogP contribution >= 0.6 is 0 Å². The Kier molecular flexibility index (Phi) is 6.53. The summed E-state index contributed by atoms with van der Waals surface area (Å²) in [4.78, 5) is 0. The van der Waals surface area contributed by atoms with E-state index in [0.717, 1.165) is 0 Å². The predicted octanol–water partition coefficient (Wildman–Crippen LogP) is 7.04. The van der Waals surface area contributed by atoms with Gasteiger partial charge in [-0.25, -0.2) is 0 Å². The van der Waals surface area contributed by atoms with Gasteiger partial charge < -0.3 is 0 Å². The lowest BCUT2D eigenvalue weighted by Crippen LogP contribution is -2.75. The van der Waals surface area contributed by atoms with Crippen molar-refractivity contribution in [1.29, 1.82) is 0 Å². The van der Waals surface area contributed by atoms with Gasteiger partial charge in [0.05, 0.1) is 0 Å². The minimum atomic E-state index is -8.85. The molecule has 0 rings (SSSR count). The molecule has 0 N–H and O–H groups in total. The summed E-state index contributed by atoms with van der Waals surface area (Å²) in [6, 6.07) is 0. The van der Waals surface area contributed by atoms with E-state index >= 15 is 0 Å². The first-order valence-electron chi connectivity index (χ1n) is 6.65. The highest BCUT2D eigenvalue weighted by atomic mass is 19.4. The summed E-state index contributed by atoms with van der Waals surface area (Å²) in [5.74, 6) is -65.8. The second kappa shape index (κ2) is 6.83. The van der Waals surface area contributed by atoms with Crippen LogP contribution < -0.4 is 0 Å². The van der Waals surface area contributed by atoms with Crippen molar-refractivity contribution >= 4 is 0 Å². The molecule has 0 spiro atoms. The summed E-state index contributed by atoms with van der Waals surface area (Å²) in [5.41, 5.74) is 0. The lowest BCUT2D eigenvalue weighted by molar-refractivity contribution is -0.468. The second-order valence-corrected chi connectivity index (χ2v) is 5.58. The van der Waals surface area contributed by atoms with E-state index in [-0.39, 0.29) is 6.92 Å². The number of halogens is 19. The Hall–Kier alpha value is -1.33. The molecule has 0 nitrogen and oxygen atoms in total. The molecule has 0 saturated carbocycles. The summed E-state index contributed by atoms with van der Waals surface area (Å²) in [6.07, 6.45) is -10.4. The third kappa shape index (κ3) is 3.24. The van der Waals surface area contributed by atoms with Crippen molar-refractivity contribution < 1.29 is 83.4 Å². The monoisotopic (exact) mass is 498 g/mol. The Labute approximate surface area is 152 Å². The highest BCUT2D eigenvalue weighted by Gasteiger charge is 2.96. The van der Waals surface area contributed by atoms with Crippen molar-refractivity contribution in [2.24, 2.45) is 0 Å². The number of hydrogen-bond acceptors (Lipinski definition) is 0. The van der Waals surface area contributed by atoms with E-state index in [0.29, 0.717) is 0 Å². The minimum absolute atomic E-state index is 0.132. The first-order valence-corrected chi connectivity index (χ1v) is 6.65. The van der Waals surface area contributed by atoms with E-state index < -0.39 is 60.0 Å². The van der Waals surface area contributed by atoms with Gasteiger partial charge in [0, 0.05) is 6.42 Å². The molecular weight excluding hydrogens is 493 g/mol. The molecule has 0 amide bonds. The van der Waals surface area contributed by atoms with Gasteiger partial charge in [0.25, 0.3) is 0 Å². The quantitative estimate of drug-likeness (QED) is 0.315. The van der Waals surface area contributed by atoms with Crippen LogP contribution in [0.2, 0.25) is 0 Å². The molecule has 0 bridgehead atoms. The van der Waals surface area contributed by atoms with Crippen molar-refractivity contribution in [2.45, 2.75) is 66.9 Å². The zero-order valence-corrected chi connectivity index (χ0v) is 13.4. The van der Waals surface area contributed by atoms with Gasteiger partial charge in [-0.1, -0.05) is 6.92 Å². The Balaban J connectivity index is 6.85. The molecule has 0 aromatic carbocycles. The van der Waals surface area contributed by atoms with E-state index in [1.165, 1.54) is 0 Å². The molecule has 30 heavy (non-hydrogen) atoms. The van der Waals surface area contributed by atoms with Crippen molar-refractivity contribution in [3.63, 3.8) is 0 Å². The van der Waals surface area contributed by atoms with Crippen LogP contribution in [0.15, 0.2) is 0 Å². The fourth-order valence-electron chi connectivity index (χ4n) is 1.62. The van der Waals surface area contributed by atoms with Crippen molar-refractivity contribution in [2.75, 3.05) is 0 Å². The van der Waals surface area contributed by atoms with Gasteiger partial charge in [-0.2, -0.15) is 83.4 Å². The highest BCUT2D eigenvalue weighted by Crippen LogP contribution is 2.65. The zero-order chi connectivity index (χ0) is 25.2. The van der Waals surface area contributed by atoms with Gasteiger partial charge in [-0.05, 0) is 0 Å². The summed E-state index contributed by atoms with van der Waals surface area (Å²) >= 11 is 0. The van der Waals surface area contributed by atoms with Crippen molar-refractivity contribution in [1.82, 2.24) is 0 Å².